The van der Waals surface area contributed by atoms with Crippen molar-refractivity contribution in [2.24, 2.45) is 5.92 Å². The molecule has 0 aliphatic carbocycles. The van der Waals surface area contributed by atoms with Crippen LogP contribution in [0.2, 0.25) is 0 Å². The van der Waals surface area contributed by atoms with Gasteiger partial charge in [0.15, 0.2) is 16.5 Å². The zero-order valence-corrected chi connectivity index (χ0v) is 20.3. The van der Waals surface area contributed by atoms with Gasteiger partial charge in [0.2, 0.25) is 5.43 Å². The Kier molecular flexibility index (Phi) is 6.81. The van der Waals surface area contributed by atoms with Crippen molar-refractivity contribution in [2.75, 3.05) is 13.7 Å². The fourth-order valence-corrected chi connectivity index (χ4v) is 5.27. The Hall–Kier alpha value is -3.11. The first kappa shape index (κ1) is 24.0. The molecule has 2 atom stereocenters. The first-order chi connectivity index (χ1) is 16.2. The summed E-state index contributed by atoms with van der Waals surface area (Å²) >= 11 is 1.22. The van der Waals surface area contributed by atoms with Crippen molar-refractivity contribution < 1.29 is 19.0 Å². The number of fused-ring (bicyclic) bond motifs is 1. The normalized spacial score (nSPS) is 16.7. The predicted molar refractivity (Wildman–Crippen MR) is 127 cm³/mol. The Bertz CT molecular complexity index is 1250. The lowest BCUT2D eigenvalue weighted by atomic mass is 9.96. The zero-order valence-electron chi connectivity index (χ0n) is 19.5. The third-order valence-electron chi connectivity index (χ3n) is 6.04. The van der Waals surface area contributed by atoms with E-state index in [-0.39, 0.29) is 41.0 Å². The van der Waals surface area contributed by atoms with E-state index >= 15 is 0 Å². The molecular weight excluding hydrogens is 459 g/mol. The second-order valence-corrected chi connectivity index (χ2v) is 9.89. The average Bonchev–Trinajstić information content (AvgIpc) is 3.25. The highest BCUT2D eigenvalue weighted by Gasteiger charge is 2.39. The van der Waals surface area contributed by atoms with Crippen LogP contribution in [-0.4, -0.2) is 56.5 Å². The molecule has 0 fully saturated rings. The van der Waals surface area contributed by atoms with Gasteiger partial charge in [0.1, 0.15) is 10.8 Å². The summed E-state index contributed by atoms with van der Waals surface area (Å²) in [6.07, 6.45) is 2.02. The summed E-state index contributed by atoms with van der Waals surface area (Å²) in [6, 6.07) is 5.82. The fourth-order valence-electron chi connectivity index (χ4n) is 4.39. The highest BCUT2D eigenvalue weighted by Crippen LogP contribution is 2.31. The van der Waals surface area contributed by atoms with Gasteiger partial charge in [0, 0.05) is 38.2 Å². The minimum absolute atomic E-state index is 0.0145. The van der Waals surface area contributed by atoms with Crippen LogP contribution in [0, 0.1) is 11.7 Å². The third kappa shape index (κ3) is 4.47. The number of benzene rings is 1. The lowest BCUT2D eigenvalue weighted by Crippen LogP contribution is -2.55. The molecule has 1 aliphatic rings. The molecule has 0 saturated heterocycles. The van der Waals surface area contributed by atoms with Crippen LogP contribution >= 0.6 is 11.3 Å². The highest BCUT2D eigenvalue weighted by molar-refractivity contribution is 7.14. The van der Waals surface area contributed by atoms with E-state index in [2.05, 4.69) is 10.2 Å². The summed E-state index contributed by atoms with van der Waals surface area (Å²) < 4.78 is 20.1. The molecule has 0 radical (unpaired) electrons. The monoisotopic (exact) mass is 486 g/mol. The Morgan fingerprint density at radius 1 is 1.21 bits per heavy atom. The summed E-state index contributed by atoms with van der Waals surface area (Å²) in [7, 11) is 1.62. The van der Waals surface area contributed by atoms with Gasteiger partial charge >= 0.3 is 0 Å². The number of ether oxygens (including phenoxy) is 1. The number of halogens is 1. The van der Waals surface area contributed by atoms with Gasteiger partial charge in [-0.3, -0.25) is 9.59 Å². The molecule has 8 nitrogen and oxygen atoms in total. The smallest absolute Gasteiger partial charge is 0.275 e. The Labute approximate surface area is 200 Å². The minimum Gasteiger partial charge on any atom is -0.503 e. The summed E-state index contributed by atoms with van der Waals surface area (Å²) in [5.41, 5.74) is 0.382. The number of pyridine rings is 1. The molecule has 180 valence electrons. The predicted octanol–water partition coefficient (Wildman–Crippen LogP) is 3.32. The van der Waals surface area contributed by atoms with E-state index in [0.717, 1.165) is 5.56 Å². The summed E-state index contributed by atoms with van der Waals surface area (Å²) in [5.74, 6) is -1.24. The van der Waals surface area contributed by atoms with E-state index in [1.165, 1.54) is 23.5 Å². The van der Waals surface area contributed by atoms with Gasteiger partial charge in [-0.05, 0) is 31.5 Å². The van der Waals surface area contributed by atoms with Crippen molar-refractivity contribution in [1.29, 1.82) is 0 Å². The largest absolute Gasteiger partial charge is 0.503 e. The van der Waals surface area contributed by atoms with E-state index < -0.39 is 11.2 Å². The number of aromatic nitrogens is 3. The van der Waals surface area contributed by atoms with Crippen LogP contribution in [0.3, 0.4) is 0 Å². The maximum Gasteiger partial charge on any atom is 0.275 e. The first-order valence-corrected chi connectivity index (χ1v) is 11.9. The van der Waals surface area contributed by atoms with Gasteiger partial charge < -0.3 is 19.3 Å². The molecule has 1 aliphatic heterocycles. The van der Waals surface area contributed by atoms with Gasteiger partial charge in [-0.1, -0.05) is 30.4 Å². The number of hydrogen-bond acceptors (Lipinski definition) is 7. The molecule has 1 amide bonds. The molecular formula is C24H27FN4O4S. The number of amides is 1. The molecule has 34 heavy (non-hydrogen) atoms. The van der Waals surface area contributed by atoms with Gasteiger partial charge in [0.25, 0.3) is 5.91 Å². The van der Waals surface area contributed by atoms with E-state index in [4.69, 9.17) is 4.74 Å². The average molecular weight is 487 g/mol. The molecule has 0 spiro atoms. The lowest BCUT2D eigenvalue weighted by Gasteiger charge is -2.43. The Morgan fingerprint density at radius 2 is 1.91 bits per heavy atom. The first-order valence-electron chi connectivity index (χ1n) is 11.1. The second kappa shape index (κ2) is 9.63. The molecule has 1 N–H and O–H groups in total. The van der Waals surface area contributed by atoms with Gasteiger partial charge in [0.05, 0.1) is 18.2 Å². The van der Waals surface area contributed by atoms with Gasteiger partial charge in [-0.15, -0.1) is 10.2 Å². The van der Waals surface area contributed by atoms with E-state index in [9.17, 15) is 19.1 Å². The molecule has 1 aromatic carbocycles. The van der Waals surface area contributed by atoms with E-state index in [1.54, 1.807) is 34.9 Å². The molecule has 3 heterocycles. The zero-order chi connectivity index (χ0) is 24.6. The standard InChI is InChI=1S/C24H27FN4O4S/c1-13(2)29-18(14(3)12-33-4)11-28-10-17(21(30)22(31)20(28)24(29)32)23-27-26-19(34-23)9-15-5-7-16(25)8-6-15/h5-8,10,13-14,18,31H,9,11-12H2,1-4H3/t14-,18+/m0/s1. The molecule has 10 heteroatoms. The van der Waals surface area contributed by atoms with Crippen molar-refractivity contribution >= 4 is 17.2 Å². The number of carbonyl (C=O) groups is 1. The Balaban J connectivity index is 1.71. The molecule has 2 aromatic heterocycles. The quantitative estimate of drug-likeness (QED) is 0.550. The van der Waals surface area contributed by atoms with Crippen molar-refractivity contribution in [3.8, 4) is 16.3 Å². The SMILES string of the molecule is COC[C@H](C)[C@H]1Cn2cc(-c3nnc(Cc4ccc(F)cc4)s3)c(=O)c(O)c2C(=O)N1C(C)C. The molecule has 0 unspecified atom stereocenters. The number of rotatable bonds is 7. The van der Waals surface area contributed by atoms with Crippen molar-refractivity contribution in [3.05, 3.63) is 62.8 Å². The third-order valence-corrected chi connectivity index (χ3v) is 7.00. The van der Waals surface area contributed by atoms with Crippen LogP contribution < -0.4 is 5.43 Å². The summed E-state index contributed by atoms with van der Waals surface area (Å²) in [4.78, 5) is 28.1. The minimum atomic E-state index is -0.656. The molecule has 4 rings (SSSR count). The van der Waals surface area contributed by atoms with Crippen LogP contribution in [0.1, 0.15) is 41.8 Å². The van der Waals surface area contributed by atoms with Crippen LogP contribution in [0.25, 0.3) is 10.6 Å². The van der Waals surface area contributed by atoms with Crippen LogP contribution in [0.15, 0.2) is 35.3 Å². The maximum atomic E-state index is 13.3. The van der Waals surface area contributed by atoms with Gasteiger partial charge in [-0.25, -0.2) is 4.39 Å². The van der Waals surface area contributed by atoms with Crippen LogP contribution in [0.5, 0.6) is 5.75 Å². The van der Waals surface area contributed by atoms with Gasteiger partial charge in [-0.2, -0.15) is 0 Å². The number of methoxy groups -OCH3 is 1. The number of carbonyl (C=O) groups excluding carboxylic acids is 1. The number of nitrogens with zero attached hydrogens (tertiary/aromatic N) is 4. The van der Waals surface area contributed by atoms with E-state index in [0.29, 0.717) is 29.6 Å². The fraction of sp³-hybridized carbons (Fsp3) is 0.417. The number of hydrogen-bond donors (Lipinski definition) is 1. The van der Waals surface area contributed by atoms with Crippen molar-refractivity contribution in [2.45, 2.75) is 45.8 Å². The molecule has 0 saturated carbocycles. The summed E-state index contributed by atoms with van der Waals surface area (Å²) in [5, 5.41) is 20.1. The van der Waals surface area contributed by atoms with E-state index in [1.807, 2.05) is 20.8 Å². The summed E-state index contributed by atoms with van der Waals surface area (Å²) in [6.45, 7) is 6.71. The second-order valence-electron chi connectivity index (χ2n) is 8.83. The maximum absolute atomic E-state index is 13.3. The Morgan fingerprint density at radius 3 is 2.56 bits per heavy atom. The highest BCUT2D eigenvalue weighted by atomic mass is 32.1. The number of aromatic hydroxyl groups is 1. The molecule has 0 bridgehead atoms. The lowest BCUT2D eigenvalue weighted by molar-refractivity contribution is 0.0281. The van der Waals surface area contributed by atoms with Crippen molar-refractivity contribution in [3.63, 3.8) is 0 Å². The topological polar surface area (TPSA) is 97.5 Å². The molecule has 3 aromatic rings. The van der Waals surface area contributed by atoms with Crippen molar-refractivity contribution in [1.82, 2.24) is 19.7 Å². The van der Waals surface area contributed by atoms with Crippen LogP contribution in [-0.2, 0) is 17.7 Å². The van der Waals surface area contributed by atoms with Crippen LogP contribution in [0.4, 0.5) is 4.39 Å².